The molecule has 2 N–H and O–H groups in total. The third kappa shape index (κ3) is 4.91. The van der Waals surface area contributed by atoms with Crippen LogP contribution in [-0.2, 0) is 0 Å². The number of nitrogens with one attached hydrogen (secondary N) is 2. The Kier molecular flexibility index (Phi) is 6.32. The molecule has 0 amide bonds. The second-order valence-corrected chi connectivity index (χ2v) is 6.42. The molecule has 0 unspecified atom stereocenters. The normalized spacial score (nSPS) is 10.4. The van der Waals surface area contributed by atoms with Crippen molar-refractivity contribution in [3.05, 3.63) is 60.3 Å². The highest BCUT2D eigenvalue weighted by Gasteiger charge is 2.06. The SMILES string of the molecule is CCN(CC)c1ccc(Nc2nc(C)cc(Nc3ccc(OC)cc3)n2)cc1. The Morgan fingerprint density at radius 3 is 2.07 bits per heavy atom. The van der Waals surface area contributed by atoms with Gasteiger partial charge in [0.25, 0.3) is 0 Å². The lowest BCUT2D eigenvalue weighted by Gasteiger charge is -2.21. The molecule has 0 atom stereocenters. The number of nitrogens with zero attached hydrogens (tertiary/aromatic N) is 3. The minimum Gasteiger partial charge on any atom is -0.497 e. The van der Waals surface area contributed by atoms with E-state index in [4.69, 9.17) is 4.74 Å². The minimum absolute atomic E-state index is 0.562. The number of anilines is 5. The van der Waals surface area contributed by atoms with E-state index in [1.807, 2.05) is 37.3 Å². The van der Waals surface area contributed by atoms with Crippen molar-refractivity contribution in [2.45, 2.75) is 20.8 Å². The van der Waals surface area contributed by atoms with Gasteiger partial charge in [-0.3, -0.25) is 0 Å². The van der Waals surface area contributed by atoms with E-state index in [0.29, 0.717) is 5.95 Å². The Hall–Kier alpha value is -3.28. The molecular weight excluding hydrogens is 350 g/mol. The number of rotatable bonds is 8. The summed E-state index contributed by atoms with van der Waals surface area (Å²) < 4.78 is 5.19. The third-order valence-electron chi connectivity index (χ3n) is 4.47. The Balaban J connectivity index is 1.73. The molecule has 28 heavy (non-hydrogen) atoms. The highest BCUT2D eigenvalue weighted by Crippen LogP contribution is 2.23. The number of benzene rings is 2. The number of hydrogen-bond acceptors (Lipinski definition) is 6. The molecule has 1 aromatic heterocycles. The predicted molar refractivity (Wildman–Crippen MR) is 116 cm³/mol. The smallest absolute Gasteiger partial charge is 0.229 e. The van der Waals surface area contributed by atoms with E-state index in [1.54, 1.807) is 7.11 Å². The molecule has 0 saturated heterocycles. The molecule has 0 radical (unpaired) electrons. The van der Waals surface area contributed by atoms with Gasteiger partial charge in [-0.25, -0.2) is 4.98 Å². The fourth-order valence-electron chi connectivity index (χ4n) is 2.98. The first-order chi connectivity index (χ1) is 13.6. The number of aryl methyl sites for hydroxylation is 1. The summed E-state index contributed by atoms with van der Waals surface area (Å²) in [6.07, 6.45) is 0. The Bertz CT molecular complexity index is 890. The van der Waals surface area contributed by atoms with Crippen LogP contribution in [-0.4, -0.2) is 30.2 Å². The van der Waals surface area contributed by atoms with Gasteiger partial charge in [-0.15, -0.1) is 0 Å². The molecular formula is C22H27N5O. The number of methoxy groups -OCH3 is 1. The number of hydrogen-bond donors (Lipinski definition) is 2. The molecule has 6 heteroatoms. The van der Waals surface area contributed by atoms with Crippen molar-refractivity contribution in [2.75, 3.05) is 35.7 Å². The van der Waals surface area contributed by atoms with Gasteiger partial charge in [-0.1, -0.05) is 0 Å². The summed E-state index contributed by atoms with van der Waals surface area (Å²) in [6, 6.07) is 18.0. The van der Waals surface area contributed by atoms with Crippen LogP contribution in [0.25, 0.3) is 0 Å². The first-order valence-electron chi connectivity index (χ1n) is 9.50. The average molecular weight is 377 g/mol. The third-order valence-corrected chi connectivity index (χ3v) is 4.47. The lowest BCUT2D eigenvalue weighted by atomic mass is 10.2. The van der Waals surface area contributed by atoms with Gasteiger partial charge in [-0.2, -0.15) is 4.98 Å². The van der Waals surface area contributed by atoms with Gasteiger partial charge >= 0.3 is 0 Å². The zero-order valence-corrected chi connectivity index (χ0v) is 16.9. The molecule has 0 aliphatic rings. The Morgan fingerprint density at radius 1 is 0.857 bits per heavy atom. The maximum absolute atomic E-state index is 5.19. The molecule has 0 aliphatic carbocycles. The van der Waals surface area contributed by atoms with Crippen LogP contribution < -0.4 is 20.3 Å². The molecule has 0 bridgehead atoms. The molecule has 6 nitrogen and oxygen atoms in total. The summed E-state index contributed by atoms with van der Waals surface area (Å²) in [4.78, 5) is 11.4. The standard InChI is InChI=1S/C22H27N5O/c1-5-27(6-2)19-11-7-18(8-12-19)25-22-23-16(3)15-21(26-22)24-17-9-13-20(28-4)14-10-17/h7-15H,5-6H2,1-4H3,(H2,23,24,25,26). The molecule has 146 valence electrons. The van der Waals surface area contributed by atoms with Crippen molar-refractivity contribution in [1.29, 1.82) is 0 Å². The van der Waals surface area contributed by atoms with Gasteiger partial charge in [0.2, 0.25) is 5.95 Å². The molecule has 3 aromatic rings. The van der Waals surface area contributed by atoms with Crippen LogP contribution in [0, 0.1) is 6.92 Å². The van der Waals surface area contributed by atoms with E-state index in [9.17, 15) is 0 Å². The van der Waals surface area contributed by atoms with E-state index < -0.39 is 0 Å². The maximum atomic E-state index is 5.19. The number of ether oxygens (including phenoxy) is 1. The summed E-state index contributed by atoms with van der Waals surface area (Å²) in [5.74, 6) is 2.12. The molecule has 3 rings (SSSR count). The molecule has 0 spiro atoms. The van der Waals surface area contributed by atoms with Gasteiger partial charge in [0.15, 0.2) is 0 Å². The van der Waals surface area contributed by atoms with Crippen LogP contribution in [0.15, 0.2) is 54.6 Å². The van der Waals surface area contributed by atoms with E-state index >= 15 is 0 Å². The monoisotopic (exact) mass is 377 g/mol. The quantitative estimate of drug-likeness (QED) is 0.568. The minimum atomic E-state index is 0.562. The summed E-state index contributed by atoms with van der Waals surface area (Å²) >= 11 is 0. The highest BCUT2D eigenvalue weighted by atomic mass is 16.5. The van der Waals surface area contributed by atoms with Gasteiger partial charge in [-0.05, 0) is 69.3 Å². The molecule has 0 aliphatic heterocycles. The van der Waals surface area contributed by atoms with Crippen molar-refractivity contribution < 1.29 is 4.74 Å². The first kappa shape index (κ1) is 19.5. The second kappa shape index (κ2) is 9.08. The topological polar surface area (TPSA) is 62.3 Å². The first-order valence-corrected chi connectivity index (χ1v) is 9.50. The fraction of sp³-hybridized carbons (Fsp3) is 0.273. The van der Waals surface area contributed by atoms with Crippen LogP contribution in [0.2, 0.25) is 0 Å². The van der Waals surface area contributed by atoms with E-state index in [2.05, 4.69) is 63.6 Å². The summed E-state index contributed by atoms with van der Waals surface area (Å²) in [6.45, 7) is 8.26. The average Bonchev–Trinajstić information content (AvgIpc) is 2.70. The van der Waals surface area contributed by atoms with Crippen molar-refractivity contribution in [2.24, 2.45) is 0 Å². The van der Waals surface area contributed by atoms with Crippen LogP contribution >= 0.6 is 0 Å². The van der Waals surface area contributed by atoms with Crippen molar-refractivity contribution in [1.82, 2.24) is 9.97 Å². The summed E-state index contributed by atoms with van der Waals surface area (Å²) in [5.41, 5.74) is 3.99. The van der Waals surface area contributed by atoms with Crippen molar-refractivity contribution in [3.63, 3.8) is 0 Å². The Morgan fingerprint density at radius 2 is 1.46 bits per heavy atom. The van der Waals surface area contributed by atoms with Crippen molar-refractivity contribution >= 4 is 28.8 Å². The van der Waals surface area contributed by atoms with E-state index in [0.717, 1.165) is 41.7 Å². The summed E-state index contributed by atoms with van der Waals surface area (Å²) in [5, 5.41) is 6.60. The van der Waals surface area contributed by atoms with Gasteiger partial charge in [0, 0.05) is 41.9 Å². The van der Waals surface area contributed by atoms with Gasteiger partial charge < -0.3 is 20.3 Å². The lowest BCUT2D eigenvalue weighted by molar-refractivity contribution is 0.415. The van der Waals surface area contributed by atoms with Gasteiger partial charge in [0.1, 0.15) is 11.6 Å². The molecule has 0 saturated carbocycles. The van der Waals surface area contributed by atoms with Crippen LogP contribution in [0.3, 0.4) is 0 Å². The van der Waals surface area contributed by atoms with Crippen LogP contribution in [0.1, 0.15) is 19.5 Å². The zero-order valence-electron chi connectivity index (χ0n) is 16.9. The van der Waals surface area contributed by atoms with Gasteiger partial charge in [0.05, 0.1) is 7.11 Å². The van der Waals surface area contributed by atoms with Crippen molar-refractivity contribution in [3.8, 4) is 5.75 Å². The molecule has 1 heterocycles. The molecule has 0 fully saturated rings. The van der Waals surface area contributed by atoms with E-state index in [-0.39, 0.29) is 0 Å². The zero-order chi connectivity index (χ0) is 19.9. The van der Waals surface area contributed by atoms with E-state index in [1.165, 1.54) is 5.69 Å². The second-order valence-electron chi connectivity index (χ2n) is 6.42. The lowest BCUT2D eigenvalue weighted by Crippen LogP contribution is -2.21. The highest BCUT2D eigenvalue weighted by molar-refractivity contribution is 5.62. The molecule has 2 aromatic carbocycles. The van der Waals surface area contributed by atoms with Crippen LogP contribution in [0.4, 0.5) is 28.8 Å². The largest absolute Gasteiger partial charge is 0.497 e. The predicted octanol–water partition coefficient (Wildman–Crippen LogP) is 5.13. The Labute approximate surface area is 166 Å². The summed E-state index contributed by atoms with van der Waals surface area (Å²) in [7, 11) is 1.66. The van der Waals surface area contributed by atoms with Crippen LogP contribution in [0.5, 0.6) is 5.75 Å². The fourth-order valence-corrected chi connectivity index (χ4v) is 2.98. The maximum Gasteiger partial charge on any atom is 0.229 e. The number of aromatic nitrogens is 2.